The number of hydrogen-bond donors (Lipinski definition) is 5. The van der Waals surface area contributed by atoms with Crippen molar-refractivity contribution < 1.29 is 34.1 Å². The third kappa shape index (κ3) is 5.48. The molecule has 9 nitrogen and oxygen atoms in total. The van der Waals surface area contributed by atoms with E-state index in [1.165, 1.54) is 30.3 Å². The Morgan fingerprint density at radius 3 is 2.45 bits per heavy atom. The minimum atomic E-state index is -1.42. The van der Waals surface area contributed by atoms with E-state index in [2.05, 4.69) is 10.5 Å². The molecule has 2 rings (SSSR count). The molecule has 2 aromatic rings. The Morgan fingerprint density at radius 1 is 1.24 bits per heavy atom. The topological polar surface area (TPSA) is 147 Å². The highest BCUT2D eigenvalue weighted by molar-refractivity contribution is 5.97. The summed E-state index contributed by atoms with van der Waals surface area (Å²) in [7, 11) is 0. The van der Waals surface area contributed by atoms with Crippen LogP contribution in [0.3, 0.4) is 0 Å². The van der Waals surface area contributed by atoms with Crippen molar-refractivity contribution in [2.24, 2.45) is 10.9 Å². The number of nitrogens with one attached hydrogen (secondary N) is 1. The highest BCUT2D eigenvalue weighted by atomic mass is 19.1. The standard InChI is InChI=1S/C19H22FN3O6/c1-2-28-15-9-13(14(20)10-16(15)29-8-7-24)17(19(25)26)22-12-5-3-11(4-6-12)18(21)23-27/h3-6,9-10,17,22,24,27H,2,7-8H2,1H3,(H2,21,23)(H,25,26)/t17-/m0/s1. The molecule has 0 saturated carbocycles. The summed E-state index contributed by atoms with van der Waals surface area (Å²) in [6.45, 7) is 1.64. The first-order chi connectivity index (χ1) is 13.9. The maximum absolute atomic E-state index is 14.7. The molecule has 0 heterocycles. The molecule has 0 fully saturated rings. The number of anilines is 1. The van der Waals surface area contributed by atoms with E-state index < -0.39 is 17.8 Å². The lowest BCUT2D eigenvalue weighted by atomic mass is 10.0. The van der Waals surface area contributed by atoms with Gasteiger partial charge in [0.25, 0.3) is 0 Å². The molecule has 29 heavy (non-hydrogen) atoms. The van der Waals surface area contributed by atoms with E-state index in [4.69, 9.17) is 25.5 Å². The third-order valence-corrected chi connectivity index (χ3v) is 3.87. The van der Waals surface area contributed by atoms with Crippen LogP contribution in [0.5, 0.6) is 11.5 Å². The number of aliphatic hydroxyl groups is 1. The molecule has 6 N–H and O–H groups in total. The van der Waals surface area contributed by atoms with Crippen LogP contribution in [-0.4, -0.2) is 47.0 Å². The maximum atomic E-state index is 14.7. The van der Waals surface area contributed by atoms with Crippen LogP contribution in [0.4, 0.5) is 10.1 Å². The molecule has 1 atom stereocenters. The van der Waals surface area contributed by atoms with Crippen LogP contribution >= 0.6 is 0 Å². The van der Waals surface area contributed by atoms with E-state index in [0.29, 0.717) is 11.3 Å². The second-order valence-corrected chi connectivity index (χ2v) is 5.80. The molecular weight excluding hydrogens is 385 g/mol. The summed E-state index contributed by atoms with van der Waals surface area (Å²) in [6.07, 6.45) is 0. The summed E-state index contributed by atoms with van der Waals surface area (Å²) >= 11 is 0. The third-order valence-electron chi connectivity index (χ3n) is 3.87. The van der Waals surface area contributed by atoms with Crippen LogP contribution in [0.2, 0.25) is 0 Å². The van der Waals surface area contributed by atoms with Gasteiger partial charge in [-0.2, -0.15) is 0 Å². The molecule has 0 aromatic heterocycles. The normalized spacial score (nSPS) is 12.3. The SMILES string of the molecule is CCOc1cc([C@H](Nc2ccc(/C(N)=N\O)cc2)C(=O)O)c(F)cc1OCCO. The van der Waals surface area contributed by atoms with Crippen LogP contribution < -0.4 is 20.5 Å². The van der Waals surface area contributed by atoms with E-state index in [1.54, 1.807) is 6.92 Å². The van der Waals surface area contributed by atoms with Gasteiger partial charge in [-0.15, -0.1) is 0 Å². The first kappa shape index (κ1) is 21.8. The molecule has 0 aliphatic rings. The number of carboxylic acid groups (broad SMARTS) is 1. The highest BCUT2D eigenvalue weighted by Gasteiger charge is 2.26. The predicted molar refractivity (Wildman–Crippen MR) is 103 cm³/mol. The largest absolute Gasteiger partial charge is 0.490 e. The Bertz CT molecular complexity index is 873. The molecule has 0 amide bonds. The molecule has 10 heteroatoms. The van der Waals surface area contributed by atoms with Gasteiger partial charge < -0.3 is 35.9 Å². The van der Waals surface area contributed by atoms with Crippen LogP contribution in [0, 0.1) is 5.82 Å². The minimum absolute atomic E-state index is 0.0634. The monoisotopic (exact) mass is 407 g/mol. The van der Waals surface area contributed by atoms with Crippen LogP contribution in [-0.2, 0) is 4.79 Å². The zero-order valence-electron chi connectivity index (χ0n) is 15.6. The Labute approximate surface area is 166 Å². The van der Waals surface area contributed by atoms with Gasteiger partial charge in [-0.3, -0.25) is 0 Å². The van der Waals surface area contributed by atoms with Gasteiger partial charge in [0.15, 0.2) is 23.4 Å². The fourth-order valence-corrected chi connectivity index (χ4v) is 2.54. The van der Waals surface area contributed by atoms with Gasteiger partial charge in [0.05, 0.1) is 13.2 Å². The van der Waals surface area contributed by atoms with Gasteiger partial charge in [-0.05, 0) is 37.3 Å². The van der Waals surface area contributed by atoms with Crippen LogP contribution in [0.25, 0.3) is 0 Å². The number of benzene rings is 2. The van der Waals surface area contributed by atoms with Crippen LogP contribution in [0.15, 0.2) is 41.6 Å². The number of oxime groups is 1. The molecule has 0 bridgehead atoms. The molecule has 0 aliphatic heterocycles. The van der Waals surface area contributed by atoms with Gasteiger partial charge in [0, 0.05) is 22.9 Å². The number of nitrogens with two attached hydrogens (primary N) is 1. The first-order valence-corrected chi connectivity index (χ1v) is 8.68. The number of aliphatic carboxylic acids is 1. The Morgan fingerprint density at radius 2 is 1.90 bits per heavy atom. The fraction of sp³-hybridized carbons (Fsp3) is 0.263. The number of hydrogen-bond acceptors (Lipinski definition) is 7. The van der Waals surface area contributed by atoms with E-state index >= 15 is 0 Å². The lowest BCUT2D eigenvalue weighted by Gasteiger charge is -2.19. The zero-order chi connectivity index (χ0) is 21.4. The van der Waals surface area contributed by atoms with Gasteiger partial charge in [0.1, 0.15) is 12.4 Å². The molecule has 0 spiro atoms. The number of amidine groups is 1. The lowest BCUT2D eigenvalue weighted by molar-refractivity contribution is -0.138. The fourth-order valence-electron chi connectivity index (χ4n) is 2.54. The van der Waals surface area contributed by atoms with Gasteiger partial charge >= 0.3 is 5.97 Å². The summed E-state index contributed by atoms with van der Waals surface area (Å²) in [4.78, 5) is 11.8. The van der Waals surface area contributed by atoms with E-state index in [0.717, 1.165) is 6.07 Å². The Kier molecular flexibility index (Phi) is 7.61. The predicted octanol–water partition coefficient (Wildman–Crippen LogP) is 1.93. The molecule has 0 saturated heterocycles. The number of nitrogens with zero attached hydrogens (tertiary/aromatic N) is 1. The quantitative estimate of drug-likeness (QED) is 0.174. The van der Waals surface area contributed by atoms with E-state index in [1.807, 2.05) is 0 Å². The molecule has 156 valence electrons. The average Bonchev–Trinajstić information content (AvgIpc) is 2.72. The van der Waals surface area contributed by atoms with Crippen molar-refractivity contribution in [1.29, 1.82) is 0 Å². The second kappa shape index (κ2) is 10.1. The van der Waals surface area contributed by atoms with Crippen molar-refractivity contribution in [2.75, 3.05) is 25.1 Å². The highest BCUT2D eigenvalue weighted by Crippen LogP contribution is 2.34. The summed E-state index contributed by atoms with van der Waals surface area (Å²) in [5, 5.41) is 32.8. The van der Waals surface area contributed by atoms with Crippen molar-refractivity contribution in [1.82, 2.24) is 0 Å². The maximum Gasteiger partial charge on any atom is 0.330 e. The Hall–Kier alpha value is -3.53. The minimum Gasteiger partial charge on any atom is -0.490 e. The van der Waals surface area contributed by atoms with E-state index in [9.17, 15) is 14.3 Å². The number of halogens is 1. The number of carboxylic acids is 1. The second-order valence-electron chi connectivity index (χ2n) is 5.80. The molecule has 0 unspecified atom stereocenters. The summed E-state index contributed by atoms with van der Waals surface area (Å²) in [5.74, 6) is -2.00. The van der Waals surface area contributed by atoms with Gasteiger partial charge in [0.2, 0.25) is 0 Å². The smallest absolute Gasteiger partial charge is 0.330 e. The van der Waals surface area contributed by atoms with Crippen molar-refractivity contribution in [2.45, 2.75) is 13.0 Å². The number of aliphatic hydroxyl groups excluding tert-OH is 1. The summed E-state index contributed by atoms with van der Waals surface area (Å²) < 4.78 is 25.3. The molecule has 2 aromatic carbocycles. The number of rotatable bonds is 10. The van der Waals surface area contributed by atoms with Crippen LogP contribution in [0.1, 0.15) is 24.1 Å². The summed E-state index contributed by atoms with van der Waals surface area (Å²) in [6, 6.07) is 6.92. The zero-order valence-corrected chi connectivity index (χ0v) is 15.6. The van der Waals surface area contributed by atoms with Crippen molar-refractivity contribution in [3.05, 3.63) is 53.3 Å². The first-order valence-electron chi connectivity index (χ1n) is 8.68. The molecule has 0 aliphatic carbocycles. The van der Waals surface area contributed by atoms with E-state index in [-0.39, 0.29) is 42.7 Å². The summed E-state index contributed by atoms with van der Waals surface area (Å²) in [5.41, 5.74) is 6.15. The van der Waals surface area contributed by atoms with Crippen molar-refractivity contribution in [3.8, 4) is 11.5 Å². The average molecular weight is 407 g/mol. The van der Waals surface area contributed by atoms with Crippen molar-refractivity contribution >= 4 is 17.5 Å². The number of ether oxygens (including phenoxy) is 2. The van der Waals surface area contributed by atoms with Gasteiger partial charge in [-0.1, -0.05) is 5.16 Å². The Balaban J connectivity index is 2.36. The number of carbonyl (C=O) groups is 1. The van der Waals surface area contributed by atoms with Gasteiger partial charge in [-0.25, -0.2) is 9.18 Å². The molecule has 0 radical (unpaired) electrons. The lowest BCUT2D eigenvalue weighted by Crippen LogP contribution is -2.22. The van der Waals surface area contributed by atoms with Crippen molar-refractivity contribution in [3.63, 3.8) is 0 Å². The molecular formula is C19H22FN3O6.